The number of carbonyl (C=O) groups is 2. The van der Waals surface area contributed by atoms with Crippen molar-refractivity contribution in [2.75, 3.05) is 45.2 Å². The Hall–Kier alpha value is -3.84. The van der Waals surface area contributed by atoms with E-state index in [-0.39, 0.29) is 18.6 Å². The molecule has 0 amide bonds. The Morgan fingerprint density at radius 2 is 1.89 bits per heavy atom. The molecule has 300 valence electrons. The van der Waals surface area contributed by atoms with Gasteiger partial charge in [0.1, 0.15) is 0 Å². The van der Waals surface area contributed by atoms with Gasteiger partial charge in [-0.25, -0.2) is 13.6 Å². The predicted molar refractivity (Wildman–Crippen MR) is 207 cm³/mol. The van der Waals surface area contributed by atoms with Gasteiger partial charge in [0, 0.05) is 90.6 Å². The summed E-state index contributed by atoms with van der Waals surface area (Å²) in [6.45, 7) is 9.19. The molecular weight excluding hydrogens is 719 g/mol. The van der Waals surface area contributed by atoms with Crippen molar-refractivity contribution >= 4 is 28.5 Å². The van der Waals surface area contributed by atoms with E-state index in [0.717, 1.165) is 45.9 Å². The summed E-state index contributed by atoms with van der Waals surface area (Å²) in [7, 11) is 3.12. The van der Waals surface area contributed by atoms with Crippen LogP contribution in [0.2, 0.25) is 0 Å². The van der Waals surface area contributed by atoms with Crippen molar-refractivity contribution in [3.8, 4) is 0 Å². The Morgan fingerprint density at radius 3 is 2.59 bits per heavy atom. The molecule has 3 aromatic rings. The average molecular weight is 773 g/mol. The van der Waals surface area contributed by atoms with Crippen LogP contribution in [0.4, 0.5) is 14.5 Å². The van der Waals surface area contributed by atoms with Gasteiger partial charge in [-0.05, 0) is 86.4 Å². The molecule has 56 heavy (non-hydrogen) atoms. The summed E-state index contributed by atoms with van der Waals surface area (Å²) in [5, 5.41) is 25.6. The smallest absolute Gasteiger partial charge is 0.344 e. The number of hydrogen-bond acceptors (Lipinski definition) is 9. The van der Waals surface area contributed by atoms with Crippen LogP contribution in [-0.2, 0) is 43.0 Å². The third-order valence-corrected chi connectivity index (χ3v) is 15.2. The van der Waals surface area contributed by atoms with Gasteiger partial charge in [0.2, 0.25) is 11.5 Å². The van der Waals surface area contributed by atoms with E-state index in [2.05, 4.69) is 52.1 Å². The number of aromatic amines is 1. The largest absolute Gasteiger partial charge is 0.467 e. The molecule has 10 atom stereocenters. The molecule has 1 aliphatic carbocycles. The van der Waals surface area contributed by atoms with Crippen LogP contribution in [0.5, 0.6) is 0 Å². The van der Waals surface area contributed by atoms with Gasteiger partial charge < -0.3 is 29.6 Å². The van der Waals surface area contributed by atoms with E-state index in [1.54, 1.807) is 0 Å². The number of ether oxygens (including phenoxy) is 2. The molecule has 5 aliphatic heterocycles. The minimum atomic E-state index is -2.83. The van der Waals surface area contributed by atoms with Crippen LogP contribution in [0.1, 0.15) is 81.3 Å². The summed E-state index contributed by atoms with van der Waals surface area (Å²) in [5.41, 5.74) is 1.65. The lowest BCUT2D eigenvalue weighted by molar-refractivity contribution is -0.228. The summed E-state index contributed by atoms with van der Waals surface area (Å²) < 4.78 is 41.9. The number of benzene rings is 2. The molecule has 3 fully saturated rings. The van der Waals surface area contributed by atoms with E-state index in [9.17, 15) is 19.8 Å². The highest BCUT2D eigenvalue weighted by Crippen LogP contribution is 2.68. The van der Waals surface area contributed by atoms with Crippen molar-refractivity contribution in [2.24, 2.45) is 17.3 Å². The zero-order chi connectivity index (χ0) is 39.7. The fourth-order valence-corrected chi connectivity index (χ4v) is 13.2. The Morgan fingerprint density at radius 1 is 1.12 bits per heavy atom. The number of esters is 2. The first-order chi connectivity index (χ1) is 26.6. The second-order valence-electron chi connectivity index (χ2n) is 18.1. The topological polar surface area (TPSA) is 119 Å². The molecule has 3 unspecified atom stereocenters. The summed E-state index contributed by atoms with van der Waals surface area (Å²) in [6.07, 6.45) is 4.94. The van der Waals surface area contributed by atoms with E-state index in [1.165, 1.54) is 14.0 Å². The van der Waals surface area contributed by atoms with Crippen molar-refractivity contribution in [1.29, 1.82) is 0 Å². The molecule has 2 aromatic carbocycles. The van der Waals surface area contributed by atoms with Gasteiger partial charge >= 0.3 is 11.9 Å². The number of nitrogens with zero attached hydrogens (tertiary/aromatic N) is 3. The highest BCUT2D eigenvalue weighted by atomic mass is 19.3. The van der Waals surface area contributed by atoms with Crippen molar-refractivity contribution in [1.82, 2.24) is 14.8 Å². The first kappa shape index (κ1) is 37.7. The molecule has 1 spiro atoms. The quantitative estimate of drug-likeness (QED) is 0.224. The summed E-state index contributed by atoms with van der Waals surface area (Å²) in [4.78, 5) is 37.5. The van der Waals surface area contributed by atoms with Crippen LogP contribution in [0.15, 0.2) is 48.6 Å². The van der Waals surface area contributed by atoms with Crippen molar-refractivity contribution in [2.45, 2.75) is 107 Å². The number of methoxy groups -OCH3 is 1. The number of alkyl halides is 2. The number of halogens is 2. The first-order valence-corrected chi connectivity index (χ1v) is 20.2. The molecule has 12 heteroatoms. The normalized spacial score (nSPS) is 37.3. The maximum atomic E-state index is 15.2. The van der Waals surface area contributed by atoms with Gasteiger partial charge in [-0.2, -0.15) is 0 Å². The molecule has 2 saturated heterocycles. The molecule has 1 saturated carbocycles. The maximum absolute atomic E-state index is 15.2. The number of H-pyrrole nitrogens is 1. The second kappa shape index (κ2) is 12.6. The van der Waals surface area contributed by atoms with Gasteiger partial charge in [-0.3, -0.25) is 14.6 Å². The third kappa shape index (κ3) is 4.85. The zero-order valence-electron chi connectivity index (χ0n) is 33.2. The van der Waals surface area contributed by atoms with Crippen LogP contribution in [0.25, 0.3) is 10.9 Å². The second-order valence-corrected chi connectivity index (χ2v) is 18.1. The minimum Gasteiger partial charge on any atom is -0.467 e. The number of rotatable bonds is 6. The molecule has 2 bridgehead atoms. The first-order valence-electron chi connectivity index (χ1n) is 20.2. The van der Waals surface area contributed by atoms with E-state index in [4.69, 9.17) is 9.47 Å². The molecule has 10 nitrogen and oxygen atoms in total. The van der Waals surface area contributed by atoms with Crippen molar-refractivity contribution in [3.05, 3.63) is 76.5 Å². The highest BCUT2D eigenvalue weighted by Gasteiger charge is 2.80. The molecule has 6 heterocycles. The molecule has 0 radical (unpaired) electrons. The number of para-hydroxylation sites is 1. The number of aromatic nitrogens is 1. The molecule has 9 rings (SSSR count). The van der Waals surface area contributed by atoms with Gasteiger partial charge in [0.15, 0.2) is 6.10 Å². The fraction of sp³-hybridized carbons (Fsp3) is 0.591. The van der Waals surface area contributed by atoms with Crippen molar-refractivity contribution < 1.29 is 38.1 Å². The number of fused-ring (bicyclic) bond motifs is 6. The number of hydrogen-bond donors (Lipinski definition) is 3. The maximum Gasteiger partial charge on any atom is 0.344 e. The molecular formula is C44H54F2N4O6. The van der Waals surface area contributed by atoms with E-state index in [0.29, 0.717) is 64.0 Å². The SMILES string of the molecule is CC[C@]12C=CCN3CC[C@@]4(c5cc([C@@]6(C)C[C@@H]7C[C@H](C(C)(F)F)CN(Cc8c6[nH]c6ccccc86)C7)c(CO)cc5N(C)C4[C@@](O)(C(=O)OC)[C@@H]1OC(C)=O)C32. The average Bonchev–Trinajstić information content (AvgIpc) is 3.82. The number of carbonyl (C=O) groups excluding carboxylic acids is 2. The van der Waals surface area contributed by atoms with E-state index in [1.807, 2.05) is 37.1 Å². The van der Waals surface area contributed by atoms with Crippen LogP contribution < -0.4 is 4.90 Å². The van der Waals surface area contributed by atoms with Gasteiger partial charge in [0.05, 0.1) is 19.8 Å². The zero-order valence-corrected chi connectivity index (χ0v) is 33.2. The Labute approximate surface area is 326 Å². The summed E-state index contributed by atoms with van der Waals surface area (Å²) in [6, 6.07) is 11.3. The number of aliphatic hydroxyl groups is 2. The molecule has 1 aromatic heterocycles. The minimum absolute atomic E-state index is 0.0423. The number of likely N-dealkylation sites (N-methyl/N-ethyl adjacent to an activating group) is 1. The van der Waals surface area contributed by atoms with Crippen LogP contribution in [0.3, 0.4) is 0 Å². The van der Waals surface area contributed by atoms with Crippen LogP contribution >= 0.6 is 0 Å². The fourth-order valence-electron chi connectivity index (χ4n) is 13.2. The number of anilines is 1. The van der Waals surface area contributed by atoms with Crippen molar-refractivity contribution in [3.63, 3.8) is 0 Å². The predicted octanol–water partition coefficient (Wildman–Crippen LogP) is 5.41. The lowest BCUT2D eigenvalue weighted by Gasteiger charge is -2.63. The lowest BCUT2D eigenvalue weighted by Crippen LogP contribution is -2.81. The number of aliphatic hydroxyl groups excluding tert-OH is 1. The van der Waals surface area contributed by atoms with Gasteiger partial charge in [-0.15, -0.1) is 0 Å². The third-order valence-electron chi connectivity index (χ3n) is 15.2. The Bertz CT molecular complexity index is 2150. The lowest BCUT2D eigenvalue weighted by atomic mass is 9.47. The highest BCUT2D eigenvalue weighted by molar-refractivity contribution is 5.88. The molecule has 3 N–H and O–H groups in total. The van der Waals surface area contributed by atoms with Gasteiger partial charge in [-0.1, -0.05) is 43.3 Å². The van der Waals surface area contributed by atoms with E-state index < -0.39 is 57.8 Å². The summed E-state index contributed by atoms with van der Waals surface area (Å²) >= 11 is 0. The van der Waals surface area contributed by atoms with Gasteiger partial charge in [0.25, 0.3) is 0 Å². The standard InChI is InChI=1S/C44H54F2N4O6/c1-7-42-13-10-15-50-16-14-43(36(42)50)32-19-31(27(24-51)18-34(32)48(5)37(43)44(54,39(53)55-6)38(42)56-25(2)52)40(3)20-26-17-28(41(4,45)46)22-49(21-26)23-30-29-11-8-9-12-33(29)47-35(30)40/h8-13,18-19,26,28,36-38,47,51,54H,7,14-17,20-24H2,1-6H3/t26-,28-,36?,37?,38+,40+,42+,43+,44-/m0/s1. The Kier molecular flexibility index (Phi) is 8.47. The Balaban J connectivity index is 1.31. The monoisotopic (exact) mass is 772 g/mol. The number of nitrogens with one attached hydrogen (secondary N) is 1. The van der Waals surface area contributed by atoms with Crippen LogP contribution in [0, 0.1) is 17.3 Å². The van der Waals surface area contributed by atoms with Crippen LogP contribution in [-0.4, -0.2) is 107 Å². The van der Waals surface area contributed by atoms with E-state index >= 15 is 8.78 Å². The summed E-state index contributed by atoms with van der Waals surface area (Å²) in [5.74, 6) is -5.11. The number of piperidine rings is 1. The molecule has 6 aliphatic rings.